The predicted molar refractivity (Wildman–Crippen MR) is 114 cm³/mol. The van der Waals surface area contributed by atoms with Crippen LogP contribution >= 0.6 is 24.0 Å². The van der Waals surface area contributed by atoms with Crippen LogP contribution in [0.4, 0.5) is 0 Å². The van der Waals surface area contributed by atoms with Crippen LogP contribution in [0.25, 0.3) is 11.3 Å². The van der Waals surface area contributed by atoms with Gasteiger partial charge in [-0.1, -0.05) is 18.5 Å². The number of sulfonamides is 1. The van der Waals surface area contributed by atoms with Crippen molar-refractivity contribution in [1.29, 1.82) is 0 Å². The first kappa shape index (κ1) is 22.7. The van der Waals surface area contributed by atoms with Gasteiger partial charge in [-0.3, -0.25) is 9.89 Å². The average Bonchev–Trinajstić information content (AvgIpc) is 3.16. The summed E-state index contributed by atoms with van der Waals surface area (Å²) in [7, 11) is -3.67. The number of ether oxygens (including phenoxy) is 1. The molecule has 0 fully saturated rings. The van der Waals surface area contributed by atoms with E-state index in [1.54, 1.807) is 36.5 Å². The van der Waals surface area contributed by atoms with Crippen molar-refractivity contribution in [3.8, 4) is 22.8 Å². The van der Waals surface area contributed by atoms with Gasteiger partial charge in [-0.2, -0.15) is 5.10 Å². The topological polar surface area (TPSA) is 101 Å². The lowest BCUT2D eigenvalue weighted by Crippen LogP contribution is -2.29. The molecule has 1 heterocycles. The number of carbonyl (C=O) groups excluding carboxylic acids is 1. The van der Waals surface area contributed by atoms with E-state index in [1.807, 2.05) is 17.7 Å². The van der Waals surface area contributed by atoms with Crippen LogP contribution in [0.3, 0.4) is 0 Å². The molecule has 0 aliphatic heterocycles. The van der Waals surface area contributed by atoms with Crippen LogP contribution in [0.5, 0.6) is 11.5 Å². The highest BCUT2D eigenvalue weighted by molar-refractivity contribution is 7.89. The Bertz CT molecular complexity index is 1120. The van der Waals surface area contributed by atoms with Crippen molar-refractivity contribution < 1.29 is 17.9 Å². The van der Waals surface area contributed by atoms with E-state index in [2.05, 4.69) is 10.2 Å². The predicted octanol–water partition coefficient (Wildman–Crippen LogP) is 4.20. The fourth-order valence-corrected chi connectivity index (χ4v) is 3.32. The largest absolute Gasteiger partial charge is 0.457 e. The second-order valence-electron chi connectivity index (χ2n) is 6.09. The summed E-state index contributed by atoms with van der Waals surface area (Å²) in [5, 5.41) is 7.41. The number of amides is 1. The standard InChI is InChI=1S/C19H18ClN3O4S.ClH/c1-3-12-10-14(5-6-16(12)20)27-18-7-4-13(19(24)23-28(2,25)26)11-15(18)17-8-9-21-22-17;/h4-11H,3H2,1-2H3,(H,21,22)(H,23,24);1H. The molecule has 0 saturated carbocycles. The SMILES string of the molecule is CCc1cc(Oc2ccc(C(=O)NS(C)(=O)=O)cc2-c2ccn[nH]2)ccc1Cl.Cl. The molecule has 3 rings (SSSR count). The van der Waals surface area contributed by atoms with Crippen LogP contribution in [0.2, 0.25) is 5.02 Å². The molecule has 0 aliphatic rings. The summed E-state index contributed by atoms with van der Waals surface area (Å²) in [6, 6.07) is 11.7. The minimum absolute atomic E-state index is 0. The Hall–Kier alpha value is -2.55. The van der Waals surface area contributed by atoms with Crippen molar-refractivity contribution in [2.45, 2.75) is 13.3 Å². The molecule has 0 spiro atoms. The molecule has 0 unspecified atom stereocenters. The van der Waals surface area contributed by atoms with E-state index in [-0.39, 0.29) is 18.0 Å². The highest BCUT2D eigenvalue weighted by Gasteiger charge is 2.16. The zero-order valence-corrected chi connectivity index (χ0v) is 18.0. The van der Waals surface area contributed by atoms with Gasteiger partial charge in [-0.25, -0.2) is 13.1 Å². The van der Waals surface area contributed by atoms with Crippen LogP contribution in [0.1, 0.15) is 22.8 Å². The van der Waals surface area contributed by atoms with E-state index in [0.29, 0.717) is 27.8 Å². The Labute approximate surface area is 179 Å². The van der Waals surface area contributed by atoms with Gasteiger partial charge in [0.1, 0.15) is 11.5 Å². The summed E-state index contributed by atoms with van der Waals surface area (Å²) < 4.78 is 30.6. The maximum atomic E-state index is 12.2. The minimum atomic E-state index is -3.67. The number of nitrogens with one attached hydrogen (secondary N) is 2. The van der Waals surface area contributed by atoms with Crippen LogP contribution in [0.15, 0.2) is 48.7 Å². The number of rotatable bonds is 6. The third-order valence-electron chi connectivity index (χ3n) is 3.94. The van der Waals surface area contributed by atoms with Crippen molar-refractivity contribution in [1.82, 2.24) is 14.9 Å². The summed E-state index contributed by atoms with van der Waals surface area (Å²) in [5.74, 6) is 0.342. The van der Waals surface area contributed by atoms with Crippen molar-refractivity contribution >= 4 is 39.9 Å². The molecular formula is C19H19Cl2N3O4S. The third kappa shape index (κ3) is 5.72. The Balaban J connectivity index is 0.00000300. The molecule has 0 atom stereocenters. The van der Waals surface area contributed by atoms with Gasteiger partial charge in [0.15, 0.2) is 0 Å². The fraction of sp³-hybridized carbons (Fsp3) is 0.158. The number of nitrogens with zero attached hydrogens (tertiary/aromatic N) is 1. The van der Waals surface area contributed by atoms with E-state index in [9.17, 15) is 13.2 Å². The molecule has 0 aliphatic carbocycles. The van der Waals surface area contributed by atoms with Crippen molar-refractivity contribution in [2.24, 2.45) is 0 Å². The van der Waals surface area contributed by atoms with Gasteiger partial charge in [0, 0.05) is 22.3 Å². The molecule has 0 radical (unpaired) electrons. The van der Waals surface area contributed by atoms with Crippen LogP contribution in [0, 0.1) is 0 Å². The summed E-state index contributed by atoms with van der Waals surface area (Å²) in [4.78, 5) is 12.2. The summed E-state index contributed by atoms with van der Waals surface area (Å²) >= 11 is 6.16. The van der Waals surface area contributed by atoms with Crippen LogP contribution in [-0.4, -0.2) is 30.8 Å². The monoisotopic (exact) mass is 455 g/mol. The average molecular weight is 456 g/mol. The van der Waals surface area contributed by atoms with Gasteiger partial charge in [0.2, 0.25) is 10.0 Å². The zero-order chi connectivity index (χ0) is 20.3. The lowest BCUT2D eigenvalue weighted by molar-refractivity contribution is 0.0981. The number of H-pyrrole nitrogens is 1. The van der Waals surface area contributed by atoms with Gasteiger partial charge in [-0.05, 0) is 54.4 Å². The third-order valence-corrected chi connectivity index (χ3v) is 4.86. The molecular weight excluding hydrogens is 437 g/mol. The number of carbonyl (C=O) groups is 1. The van der Waals surface area contributed by atoms with E-state index >= 15 is 0 Å². The Morgan fingerprint density at radius 2 is 1.97 bits per heavy atom. The highest BCUT2D eigenvalue weighted by Crippen LogP contribution is 2.34. The molecule has 3 aromatic rings. The Morgan fingerprint density at radius 3 is 2.59 bits per heavy atom. The van der Waals surface area contributed by atoms with Crippen molar-refractivity contribution in [3.05, 3.63) is 64.8 Å². The lowest BCUT2D eigenvalue weighted by atomic mass is 10.1. The van der Waals surface area contributed by atoms with Gasteiger partial charge in [0.05, 0.1) is 11.9 Å². The van der Waals surface area contributed by atoms with E-state index in [1.165, 1.54) is 6.07 Å². The van der Waals surface area contributed by atoms with E-state index < -0.39 is 15.9 Å². The Morgan fingerprint density at radius 1 is 1.21 bits per heavy atom. The summed E-state index contributed by atoms with van der Waals surface area (Å²) in [6.07, 6.45) is 3.25. The van der Waals surface area contributed by atoms with Crippen molar-refractivity contribution in [2.75, 3.05) is 6.26 Å². The van der Waals surface area contributed by atoms with Crippen LogP contribution in [-0.2, 0) is 16.4 Å². The van der Waals surface area contributed by atoms with Crippen LogP contribution < -0.4 is 9.46 Å². The maximum absolute atomic E-state index is 12.2. The molecule has 10 heteroatoms. The molecule has 0 saturated heterocycles. The number of aryl methyl sites for hydroxylation is 1. The van der Waals surface area contributed by atoms with E-state index in [4.69, 9.17) is 16.3 Å². The molecule has 0 bridgehead atoms. The highest BCUT2D eigenvalue weighted by atomic mass is 35.5. The number of benzene rings is 2. The fourth-order valence-electron chi connectivity index (χ4n) is 2.62. The number of aromatic nitrogens is 2. The second-order valence-corrected chi connectivity index (χ2v) is 8.25. The molecule has 1 amide bonds. The first-order chi connectivity index (χ1) is 13.3. The lowest BCUT2D eigenvalue weighted by Gasteiger charge is -2.13. The normalized spacial score (nSPS) is 10.9. The first-order valence-corrected chi connectivity index (χ1v) is 10.7. The number of hydrogen-bond acceptors (Lipinski definition) is 5. The molecule has 1 aromatic heterocycles. The summed E-state index contributed by atoms with van der Waals surface area (Å²) in [6.45, 7) is 2.00. The van der Waals surface area contributed by atoms with Gasteiger partial charge in [0.25, 0.3) is 5.91 Å². The van der Waals surface area contributed by atoms with Crippen molar-refractivity contribution in [3.63, 3.8) is 0 Å². The van der Waals surface area contributed by atoms with E-state index in [0.717, 1.165) is 18.2 Å². The molecule has 7 nitrogen and oxygen atoms in total. The zero-order valence-electron chi connectivity index (χ0n) is 15.6. The van der Waals surface area contributed by atoms with Gasteiger partial charge >= 0.3 is 0 Å². The number of aromatic amines is 1. The van der Waals surface area contributed by atoms with Gasteiger partial charge < -0.3 is 4.74 Å². The summed E-state index contributed by atoms with van der Waals surface area (Å²) in [5.41, 5.74) is 2.31. The maximum Gasteiger partial charge on any atom is 0.264 e. The minimum Gasteiger partial charge on any atom is -0.457 e. The molecule has 154 valence electrons. The molecule has 29 heavy (non-hydrogen) atoms. The first-order valence-electron chi connectivity index (χ1n) is 8.39. The smallest absolute Gasteiger partial charge is 0.264 e. The quantitative estimate of drug-likeness (QED) is 0.579. The Kier molecular flexibility index (Phi) is 7.29. The van der Waals surface area contributed by atoms with Gasteiger partial charge in [-0.15, -0.1) is 12.4 Å². The molecule has 2 aromatic carbocycles. The number of halogens is 2. The second kappa shape index (κ2) is 9.30. The number of hydrogen-bond donors (Lipinski definition) is 2. The molecule has 2 N–H and O–H groups in total.